The molecule has 2 aliphatic heterocycles. The standard InChI is InChI=1S/C19H23F3N4O5/c1-12(27)10-25-5-4-24(6-7-30-25)16-3-2-13(8-15(16)20)26-11-14(31-19(26)29)9-23-18(28)17(21)22/h2-3,8,14,17H,4-7,9-11H2,1H3,(H,23,28)/t14-/m0/s1. The molecule has 2 aliphatic rings. The highest BCUT2D eigenvalue weighted by molar-refractivity contribution is 5.90. The number of hydrogen-bond acceptors (Lipinski definition) is 7. The largest absolute Gasteiger partial charge is 0.442 e. The number of nitrogens with one attached hydrogen (secondary N) is 1. The van der Waals surface area contributed by atoms with Crippen molar-refractivity contribution >= 4 is 29.2 Å². The lowest BCUT2D eigenvalue weighted by molar-refractivity contribution is -0.157. The zero-order chi connectivity index (χ0) is 22.5. The van der Waals surface area contributed by atoms with Crippen molar-refractivity contribution in [1.82, 2.24) is 10.4 Å². The molecule has 1 N–H and O–H groups in total. The van der Waals surface area contributed by atoms with E-state index < -0.39 is 30.3 Å². The van der Waals surface area contributed by atoms with Crippen LogP contribution in [0.5, 0.6) is 0 Å². The lowest BCUT2D eigenvalue weighted by Crippen LogP contribution is -2.37. The molecule has 12 heteroatoms. The van der Waals surface area contributed by atoms with E-state index in [1.54, 1.807) is 16.0 Å². The fraction of sp³-hybridized carbons (Fsp3) is 0.526. The Labute approximate surface area is 176 Å². The van der Waals surface area contributed by atoms with Gasteiger partial charge in [0.05, 0.1) is 37.6 Å². The van der Waals surface area contributed by atoms with E-state index in [-0.39, 0.29) is 31.1 Å². The van der Waals surface area contributed by atoms with Gasteiger partial charge in [0, 0.05) is 19.6 Å². The average molecular weight is 444 g/mol. The second-order valence-corrected chi connectivity index (χ2v) is 7.18. The highest BCUT2D eigenvalue weighted by Crippen LogP contribution is 2.28. The zero-order valence-corrected chi connectivity index (χ0v) is 16.9. The molecule has 0 unspecified atom stereocenters. The van der Waals surface area contributed by atoms with Crippen molar-refractivity contribution in [2.24, 2.45) is 0 Å². The third-order valence-electron chi connectivity index (χ3n) is 4.81. The van der Waals surface area contributed by atoms with Crippen LogP contribution in [-0.4, -0.2) is 81.3 Å². The van der Waals surface area contributed by atoms with Crippen LogP contribution in [-0.2, 0) is 19.2 Å². The normalized spacial score (nSPS) is 20.0. The number of carbonyl (C=O) groups is 3. The van der Waals surface area contributed by atoms with Crippen LogP contribution < -0.4 is 15.1 Å². The van der Waals surface area contributed by atoms with E-state index in [2.05, 4.69) is 0 Å². The Hall–Kier alpha value is -2.86. The quantitative estimate of drug-likeness (QED) is 0.675. The molecule has 0 aromatic heterocycles. The van der Waals surface area contributed by atoms with Gasteiger partial charge in [0.15, 0.2) is 0 Å². The molecule has 0 bridgehead atoms. The predicted molar refractivity (Wildman–Crippen MR) is 103 cm³/mol. The summed E-state index contributed by atoms with van der Waals surface area (Å²) in [7, 11) is 0. The van der Waals surface area contributed by atoms with E-state index in [1.165, 1.54) is 24.0 Å². The predicted octanol–water partition coefficient (Wildman–Crippen LogP) is 1.17. The smallest absolute Gasteiger partial charge is 0.414 e. The number of rotatable bonds is 7. The highest BCUT2D eigenvalue weighted by Gasteiger charge is 2.33. The number of alkyl halides is 2. The molecule has 1 atom stereocenters. The SMILES string of the molecule is CC(=O)CN1CCN(c2ccc(N3C[C@H](CNC(=O)C(F)F)OC3=O)cc2F)CCO1. The Morgan fingerprint density at radius 1 is 1.26 bits per heavy atom. The lowest BCUT2D eigenvalue weighted by atomic mass is 10.2. The molecule has 2 saturated heterocycles. The van der Waals surface area contributed by atoms with E-state index in [9.17, 15) is 27.6 Å². The van der Waals surface area contributed by atoms with Crippen LogP contribution in [0.1, 0.15) is 6.92 Å². The Balaban J connectivity index is 1.62. The molecule has 2 amide bonds. The van der Waals surface area contributed by atoms with Crippen molar-refractivity contribution in [3.8, 4) is 0 Å². The van der Waals surface area contributed by atoms with Gasteiger partial charge in [0.1, 0.15) is 17.7 Å². The first-order valence-electron chi connectivity index (χ1n) is 9.70. The number of carbonyl (C=O) groups excluding carboxylic acids is 3. The molecule has 9 nitrogen and oxygen atoms in total. The maximum Gasteiger partial charge on any atom is 0.414 e. The Kier molecular flexibility index (Phi) is 7.33. The fourth-order valence-corrected chi connectivity index (χ4v) is 3.35. The van der Waals surface area contributed by atoms with E-state index in [4.69, 9.17) is 9.57 Å². The van der Waals surface area contributed by atoms with E-state index in [0.717, 1.165) is 0 Å². The third-order valence-corrected chi connectivity index (χ3v) is 4.81. The Morgan fingerprint density at radius 3 is 2.71 bits per heavy atom. The van der Waals surface area contributed by atoms with Gasteiger partial charge in [-0.15, -0.1) is 0 Å². The van der Waals surface area contributed by atoms with Gasteiger partial charge >= 0.3 is 12.5 Å². The van der Waals surface area contributed by atoms with Gasteiger partial charge in [0.25, 0.3) is 5.91 Å². The fourth-order valence-electron chi connectivity index (χ4n) is 3.35. The molecule has 0 saturated carbocycles. The second-order valence-electron chi connectivity index (χ2n) is 7.18. The highest BCUT2D eigenvalue weighted by atomic mass is 19.3. The minimum absolute atomic E-state index is 0.0152. The van der Waals surface area contributed by atoms with Crippen molar-refractivity contribution in [3.05, 3.63) is 24.0 Å². The molecule has 0 aliphatic carbocycles. The molecule has 1 aromatic rings. The first-order valence-corrected chi connectivity index (χ1v) is 9.70. The summed E-state index contributed by atoms with van der Waals surface area (Å²) in [6, 6.07) is 4.28. The van der Waals surface area contributed by atoms with Crippen LogP contribution >= 0.6 is 0 Å². The molecule has 2 fully saturated rings. The molecule has 0 spiro atoms. The van der Waals surface area contributed by atoms with Gasteiger partial charge in [-0.2, -0.15) is 13.8 Å². The van der Waals surface area contributed by atoms with Crippen molar-refractivity contribution in [3.63, 3.8) is 0 Å². The number of benzene rings is 1. The summed E-state index contributed by atoms with van der Waals surface area (Å²) < 4.78 is 44.4. The number of cyclic esters (lactones) is 1. The number of hydrogen-bond donors (Lipinski definition) is 1. The molecule has 31 heavy (non-hydrogen) atoms. The first kappa shape index (κ1) is 22.8. The number of amides is 2. The van der Waals surface area contributed by atoms with Gasteiger partial charge < -0.3 is 15.0 Å². The number of anilines is 2. The summed E-state index contributed by atoms with van der Waals surface area (Å²) in [6.45, 7) is 2.92. The maximum atomic E-state index is 14.8. The van der Waals surface area contributed by atoms with Crippen LogP contribution in [0.15, 0.2) is 18.2 Å². The third kappa shape index (κ3) is 5.85. The van der Waals surface area contributed by atoms with Gasteiger partial charge in [-0.1, -0.05) is 0 Å². The van der Waals surface area contributed by atoms with Gasteiger partial charge in [0.2, 0.25) is 0 Å². The average Bonchev–Trinajstić information content (AvgIpc) is 2.93. The minimum Gasteiger partial charge on any atom is -0.442 e. The molecule has 1 aromatic carbocycles. The number of Topliss-reactive ketones (excluding diaryl/α,β-unsaturated/α-hetero) is 1. The molecule has 0 radical (unpaired) electrons. The monoisotopic (exact) mass is 444 g/mol. The summed E-state index contributed by atoms with van der Waals surface area (Å²) in [5, 5.41) is 3.53. The number of ketones is 1. The van der Waals surface area contributed by atoms with Gasteiger partial charge in [-0.05, 0) is 25.1 Å². The van der Waals surface area contributed by atoms with Gasteiger partial charge in [-0.3, -0.25) is 19.3 Å². The first-order chi connectivity index (χ1) is 14.7. The van der Waals surface area contributed by atoms with E-state index in [1.807, 2.05) is 5.32 Å². The van der Waals surface area contributed by atoms with E-state index in [0.29, 0.717) is 31.9 Å². The van der Waals surface area contributed by atoms with Crippen molar-refractivity contribution in [2.45, 2.75) is 19.5 Å². The molecular weight excluding hydrogens is 421 g/mol. The maximum absolute atomic E-state index is 14.8. The number of ether oxygens (including phenoxy) is 1. The second kappa shape index (κ2) is 9.96. The van der Waals surface area contributed by atoms with Crippen molar-refractivity contribution in [2.75, 3.05) is 55.7 Å². The number of hydroxylamine groups is 2. The van der Waals surface area contributed by atoms with Crippen LogP contribution in [0.25, 0.3) is 0 Å². The van der Waals surface area contributed by atoms with Crippen LogP contribution in [0.2, 0.25) is 0 Å². The Morgan fingerprint density at radius 2 is 2.03 bits per heavy atom. The number of halogens is 3. The van der Waals surface area contributed by atoms with Crippen LogP contribution in [0.3, 0.4) is 0 Å². The van der Waals surface area contributed by atoms with Crippen LogP contribution in [0, 0.1) is 5.82 Å². The summed E-state index contributed by atoms with van der Waals surface area (Å²) in [5.41, 5.74) is 0.573. The number of nitrogens with zero attached hydrogens (tertiary/aromatic N) is 3. The summed E-state index contributed by atoms with van der Waals surface area (Å²) >= 11 is 0. The molecule has 2 heterocycles. The summed E-state index contributed by atoms with van der Waals surface area (Å²) in [6.07, 6.45) is -4.74. The lowest BCUT2D eigenvalue weighted by Gasteiger charge is -2.23. The van der Waals surface area contributed by atoms with E-state index >= 15 is 0 Å². The minimum atomic E-state index is -3.16. The molecular formula is C19H23F3N4O5. The summed E-state index contributed by atoms with van der Waals surface area (Å²) in [5.74, 6) is -2.04. The molecule has 3 rings (SSSR count). The zero-order valence-electron chi connectivity index (χ0n) is 16.9. The van der Waals surface area contributed by atoms with Gasteiger partial charge in [-0.25, -0.2) is 9.18 Å². The van der Waals surface area contributed by atoms with Crippen molar-refractivity contribution in [1.29, 1.82) is 0 Å². The molecule has 170 valence electrons. The topological polar surface area (TPSA) is 91.4 Å². The summed E-state index contributed by atoms with van der Waals surface area (Å²) in [4.78, 5) is 42.8. The Bertz CT molecular complexity index is 841. The van der Waals surface area contributed by atoms with Crippen LogP contribution in [0.4, 0.5) is 29.3 Å². The van der Waals surface area contributed by atoms with Crippen molar-refractivity contribution < 1.29 is 37.1 Å².